The van der Waals surface area contributed by atoms with Crippen LogP contribution in [-0.2, 0) is 16.0 Å². The van der Waals surface area contributed by atoms with Crippen LogP contribution in [0.5, 0.6) is 0 Å². The fraction of sp³-hybridized carbons (Fsp3) is 0.294. The number of furan rings is 1. The quantitative estimate of drug-likeness (QED) is 0.814. The van der Waals surface area contributed by atoms with Crippen LogP contribution < -0.4 is 10.2 Å². The van der Waals surface area contributed by atoms with E-state index in [0.29, 0.717) is 12.1 Å². The molecular formula is C17H18N2O5. The summed E-state index contributed by atoms with van der Waals surface area (Å²) in [6, 6.07) is 12.5. The molecule has 1 atom stereocenters. The van der Waals surface area contributed by atoms with Gasteiger partial charge in [-0.25, -0.2) is 4.79 Å². The highest BCUT2D eigenvalue weighted by Crippen LogP contribution is 2.29. The maximum absolute atomic E-state index is 12.4. The second-order valence-electron chi connectivity index (χ2n) is 5.47. The van der Waals surface area contributed by atoms with E-state index in [4.69, 9.17) is 9.15 Å². The molecule has 1 aliphatic rings. The summed E-state index contributed by atoms with van der Waals surface area (Å²) >= 11 is 0. The van der Waals surface area contributed by atoms with Crippen molar-refractivity contribution in [3.8, 4) is 0 Å². The van der Waals surface area contributed by atoms with E-state index >= 15 is 0 Å². The number of para-hydroxylation sites is 1. The lowest BCUT2D eigenvalue weighted by atomic mass is 10.2. The molecule has 3 rings (SSSR count). The molecule has 1 saturated heterocycles. The van der Waals surface area contributed by atoms with Gasteiger partial charge in [0.2, 0.25) is 0 Å². The van der Waals surface area contributed by atoms with E-state index < -0.39 is 17.8 Å². The Bertz CT molecular complexity index is 701. The van der Waals surface area contributed by atoms with Gasteiger partial charge in [0, 0.05) is 31.6 Å². The fourth-order valence-corrected chi connectivity index (χ4v) is 2.56. The monoisotopic (exact) mass is 330 g/mol. The first-order valence-electron chi connectivity index (χ1n) is 7.67. The summed E-state index contributed by atoms with van der Waals surface area (Å²) in [6.07, 6.45) is 1.22. The second kappa shape index (κ2) is 6.76. The fourth-order valence-electron chi connectivity index (χ4n) is 2.56. The van der Waals surface area contributed by atoms with Crippen LogP contribution in [0.3, 0.4) is 0 Å². The summed E-state index contributed by atoms with van der Waals surface area (Å²) in [5.41, 5.74) is 0.653. The third-order valence-electron chi connectivity index (χ3n) is 3.80. The molecule has 0 bridgehead atoms. The molecule has 1 aromatic carbocycles. The van der Waals surface area contributed by atoms with Crippen molar-refractivity contribution in [2.24, 2.45) is 0 Å². The summed E-state index contributed by atoms with van der Waals surface area (Å²) in [7, 11) is 0. The van der Waals surface area contributed by atoms with Gasteiger partial charge in [-0.15, -0.1) is 0 Å². The highest BCUT2D eigenvalue weighted by atomic mass is 16.7. The van der Waals surface area contributed by atoms with E-state index in [1.54, 1.807) is 42.7 Å². The summed E-state index contributed by atoms with van der Waals surface area (Å²) in [5, 5.41) is 12.8. The number of carbonyl (C=O) groups excluding carboxylic acids is 2. The third kappa shape index (κ3) is 3.41. The third-order valence-corrected chi connectivity index (χ3v) is 3.80. The number of benzene rings is 1. The molecule has 2 N–H and O–H groups in total. The zero-order chi connectivity index (χ0) is 17.0. The molecule has 0 aliphatic carbocycles. The van der Waals surface area contributed by atoms with E-state index in [1.165, 1.54) is 4.90 Å². The maximum Gasteiger partial charge on any atom is 0.410 e. The van der Waals surface area contributed by atoms with Gasteiger partial charge in [0.15, 0.2) is 0 Å². The minimum atomic E-state index is -2.13. The Morgan fingerprint density at radius 2 is 2.08 bits per heavy atom. The van der Waals surface area contributed by atoms with Crippen molar-refractivity contribution in [3.63, 3.8) is 0 Å². The van der Waals surface area contributed by atoms with E-state index in [0.717, 1.165) is 5.76 Å². The number of amides is 2. The summed E-state index contributed by atoms with van der Waals surface area (Å²) in [4.78, 5) is 25.6. The van der Waals surface area contributed by atoms with Crippen LogP contribution in [-0.4, -0.2) is 36.0 Å². The zero-order valence-electron chi connectivity index (χ0n) is 13.0. The van der Waals surface area contributed by atoms with Crippen LogP contribution in [0.2, 0.25) is 0 Å². The molecule has 0 spiro atoms. The number of nitrogens with one attached hydrogen (secondary N) is 1. The average molecular weight is 330 g/mol. The maximum atomic E-state index is 12.4. The number of hydrogen-bond donors (Lipinski definition) is 2. The Labute approximate surface area is 138 Å². The van der Waals surface area contributed by atoms with Crippen LogP contribution in [0.15, 0.2) is 53.1 Å². The van der Waals surface area contributed by atoms with Gasteiger partial charge < -0.3 is 24.5 Å². The lowest BCUT2D eigenvalue weighted by Crippen LogP contribution is -2.46. The van der Waals surface area contributed by atoms with Crippen LogP contribution in [0, 0.1) is 0 Å². The number of nitrogens with zero attached hydrogens (tertiary/aromatic N) is 1. The Balaban J connectivity index is 1.54. The predicted octanol–water partition coefficient (Wildman–Crippen LogP) is 1.67. The van der Waals surface area contributed by atoms with Crippen molar-refractivity contribution in [3.05, 3.63) is 54.5 Å². The number of hydrogen-bond acceptors (Lipinski definition) is 5. The summed E-state index contributed by atoms with van der Waals surface area (Å²) in [6.45, 7) is 0.554. The molecule has 1 fully saturated rings. The first-order chi connectivity index (χ1) is 11.6. The van der Waals surface area contributed by atoms with Crippen LogP contribution in [0.1, 0.15) is 12.2 Å². The van der Waals surface area contributed by atoms with Crippen molar-refractivity contribution >= 4 is 17.7 Å². The number of alkyl carbamates (subject to hydrolysis) is 1. The van der Waals surface area contributed by atoms with Crippen molar-refractivity contribution in [1.82, 2.24) is 5.32 Å². The molecule has 7 nitrogen and oxygen atoms in total. The van der Waals surface area contributed by atoms with Gasteiger partial charge in [0.25, 0.3) is 11.7 Å². The molecule has 1 aromatic heterocycles. The standard InChI is InChI=1S/C17H18N2O5/c20-15-17(22,9-11-19(15)13-5-2-1-3-6-13)24-16(21)18-10-8-14-7-4-12-23-14/h1-7,12,22H,8-11H2,(H,18,21). The van der Waals surface area contributed by atoms with Crippen molar-refractivity contribution in [1.29, 1.82) is 0 Å². The number of aliphatic hydroxyl groups is 1. The van der Waals surface area contributed by atoms with Crippen LogP contribution >= 0.6 is 0 Å². The molecule has 24 heavy (non-hydrogen) atoms. The Morgan fingerprint density at radius 3 is 2.79 bits per heavy atom. The molecule has 2 aromatic rings. The number of anilines is 1. The first-order valence-corrected chi connectivity index (χ1v) is 7.67. The SMILES string of the molecule is O=C(NCCc1ccco1)OC1(O)CCN(c2ccccc2)C1=O. The minimum Gasteiger partial charge on any atom is -0.469 e. The van der Waals surface area contributed by atoms with E-state index in [-0.39, 0.29) is 19.5 Å². The molecule has 0 saturated carbocycles. The minimum absolute atomic E-state index is 0.0202. The van der Waals surface area contributed by atoms with Gasteiger partial charge in [0.1, 0.15) is 5.76 Å². The van der Waals surface area contributed by atoms with E-state index in [2.05, 4.69) is 5.32 Å². The van der Waals surface area contributed by atoms with Gasteiger partial charge >= 0.3 is 6.09 Å². The average Bonchev–Trinajstić information content (AvgIpc) is 3.18. The van der Waals surface area contributed by atoms with Crippen molar-refractivity contribution in [2.45, 2.75) is 18.6 Å². The van der Waals surface area contributed by atoms with Crippen LogP contribution in [0.4, 0.5) is 10.5 Å². The summed E-state index contributed by atoms with van der Waals surface area (Å²) in [5.74, 6) is -2.05. The highest BCUT2D eigenvalue weighted by Gasteiger charge is 2.49. The molecule has 0 radical (unpaired) electrons. The molecule has 2 heterocycles. The molecule has 7 heteroatoms. The molecule has 1 aliphatic heterocycles. The van der Waals surface area contributed by atoms with Gasteiger partial charge in [-0.3, -0.25) is 4.79 Å². The van der Waals surface area contributed by atoms with Crippen molar-refractivity contribution < 1.29 is 23.8 Å². The van der Waals surface area contributed by atoms with Gasteiger partial charge in [-0.1, -0.05) is 18.2 Å². The smallest absolute Gasteiger partial charge is 0.410 e. The number of carbonyl (C=O) groups is 2. The topological polar surface area (TPSA) is 92.0 Å². The highest BCUT2D eigenvalue weighted by molar-refractivity contribution is 6.01. The Hall–Kier alpha value is -2.80. The molecular weight excluding hydrogens is 312 g/mol. The molecule has 2 amide bonds. The Kier molecular flexibility index (Phi) is 4.52. The number of rotatable bonds is 5. The molecule has 1 unspecified atom stereocenters. The lowest BCUT2D eigenvalue weighted by Gasteiger charge is -2.22. The summed E-state index contributed by atoms with van der Waals surface area (Å²) < 4.78 is 10.1. The lowest BCUT2D eigenvalue weighted by molar-refractivity contribution is -0.175. The van der Waals surface area contributed by atoms with Gasteiger partial charge in [-0.2, -0.15) is 0 Å². The number of ether oxygens (including phenoxy) is 1. The Morgan fingerprint density at radius 1 is 1.29 bits per heavy atom. The molecule has 126 valence electrons. The largest absolute Gasteiger partial charge is 0.469 e. The zero-order valence-corrected chi connectivity index (χ0v) is 13.0. The normalized spacial score (nSPS) is 20.2. The second-order valence-corrected chi connectivity index (χ2v) is 5.47. The van der Waals surface area contributed by atoms with Gasteiger partial charge in [-0.05, 0) is 24.3 Å². The van der Waals surface area contributed by atoms with Gasteiger partial charge in [0.05, 0.1) is 6.26 Å². The predicted molar refractivity (Wildman–Crippen MR) is 85.3 cm³/mol. The van der Waals surface area contributed by atoms with Crippen molar-refractivity contribution in [2.75, 3.05) is 18.0 Å². The van der Waals surface area contributed by atoms with Crippen LogP contribution in [0.25, 0.3) is 0 Å². The van der Waals surface area contributed by atoms with E-state index in [1.807, 2.05) is 6.07 Å². The van der Waals surface area contributed by atoms with E-state index in [9.17, 15) is 14.7 Å². The first kappa shape index (κ1) is 16.1.